The molecule has 6 heteroatoms. The molecule has 0 N–H and O–H groups in total. The van der Waals surface area contributed by atoms with E-state index in [0.717, 1.165) is 10.2 Å². The molecule has 1 saturated heterocycles. The van der Waals surface area contributed by atoms with Crippen LogP contribution >= 0.6 is 11.3 Å². The molecule has 3 aromatic rings. The number of carbonyl (C=O) groups excluding carboxylic acids is 2. The second kappa shape index (κ2) is 6.64. The Morgan fingerprint density at radius 2 is 1.40 bits per heavy atom. The minimum atomic E-state index is -0.0481. The molecule has 2 amide bonds. The molecule has 0 radical (unpaired) electrons. The van der Waals surface area contributed by atoms with Crippen LogP contribution in [0.5, 0.6) is 0 Å². The molecule has 1 aliphatic heterocycles. The number of rotatable bonds is 2. The van der Waals surface area contributed by atoms with Crippen LogP contribution in [0.25, 0.3) is 10.2 Å². The molecule has 0 aliphatic carbocycles. The van der Waals surface area contributed by atoms with E-state index in [-0.39, 0.29) is 11.8 Å². The van der Waals surface area contributed by atoms with Crippen LogP contribution in [0.4, 0.5) is 0 Å². The number of benzene rings is 2. The first-order valence-electron chi connectivity index (χ1n) is 8.21. The number of fused-ring (bicyclic) bond motifs is 1. The van der Waals surface area contributed by atoms with Crippen molar-refractivity contribution in [3.63, 3.8) is 0 Å². The normalized spacial score (nSPS) is 14.7. The van der Waals surface area contributed by atoms with Crippen LogP contribution in [0.1, 0.15) is 20.2 Å². The van der Waals surface area contributed by atoms with Gasteiger partial charge in [0.05, 0.1) is 10.2 Å². The zero-order chi connectivity index (χ0) is 17.2. The second-order valence-corrected chi connectivity index (χ2v) is 6.97. The van der Waals surface area contributed by atoms with Gasteiger partial charge >= 0.3 is 0 Å². The van der Waals surface area contributed by atoms with Crippen LogP contribution in [0, 0.1) is 0 Å². The van der Waals surface area contributed by atoms with Crippen molar-refractivity contribution in [3.8, 4) is 0 Å². The number of amides is 2. The molecular weight excluding hydrogens is 334 g/mol. The largest absolute Gasteiger partial charge is 0.335 e. The fraction of sp³-hybridized carbons (Fsp3) is 0.211. The first-order valence-corrected chi connectivity index (χ1v) is 9.03. The second-order valence-electron chi connectivity index (χ2n) is 5.94. The van der Waals surface area contributed by atoms with Gasteiger partial charge in [-0.05, 0) is 24.3 Å². The smallest absolute Gasteiger partial charge is 0.282 e. The summed E-state index contributed by atoms with van der Waals surface area (Å²) >= 11 is 1.42. The molecule has 1 aliphatic rings. The van der Waals surface area contributed by atoms with Gasteiger partial charge in [0.2, 0.25) is 0 Å². The van der Waals surface area contributed by atoms with Crippen LogP contribution in [0.2, 0.25) is 0 Å². The van der Waals surface area contributed by atoms with Crippen molar-refractivity contribution in [1.29, 1.82) is 0 Å². The summed E-state index contributed by atoms with van der Waals surface area (Å²) in [4.78, 5) is 33.2. The SMILES string of the molecule is O=C(c1ccccc1)N1CCN(C(=O)c2nc3ccccc3s2)CC1. The standard InChI is InChI=1S/C19H17N3O2S/c23-18(14-6-2-1-3-7-14)21-10-12-22(13-11-21)19(24)17-20-15-8-4-5-9-16(15)25-17/h1-9H,10-13H2. The molecule has 2 aromatic carbocycles. The topological polar surface area (TPSA) is 53.5 Å². The number of piperazine rings is 1. The summed E-state index contributed by atoms with van der Waals surface area (Å²) in [7, 11) is 0. The Hall–Kier alpha value is -2.73. The van der Waals surface area contributed by atoms with Crippen LogP contribution in [0.3, 0.4) is 0 Å². The van der Waals surface area contributed by atoms with Gasteiger partial charge in [0.15, 0.2) is 5.01 Å². The van der Waals surface area contributed by atoms with Crippen molar-refractivity contribution >= 4 is 33.4 Å². The summed E-state index contributed by atoms with van der Waals surface area (Å²) in [6.45, 7) is 2.16. The molecule has 25 heavy (non-hydrogen) atoms. The number of nitrogens with zero attached hydrogens (tertiary/aromatic N) is 3. The highest BCUT2D eigenvalue weighted by Gasteiger charge is 2.27. The molecular formula is C19H17N3O2S. The fourth-order valence-electron chi connectivity index (χ4n) is 2.97. The van der Waals surface area contributed by atoms with Gasteiger partial charge in [-0.25, -0.2) is 4.98 Å². The molecule has 0 bridgehead atoms. The quantitative estimate of drug-likeness (QED) is 0.713. The van der Waals surface area contributed by atoms with Crippen molar-refractivity contribution in [2.24, 2.45) is 0 Å². The number of hydrogen-bond donors (Lipinski definition) is 0. The van der Waals surface area contributed by atoms with Gasteiger partial charge in [-0.3, -0.25) is 9.59 Å². The molecule has 0 spiro atoms. The minimum absolute atomic E-state index is 0.0210. The summed E-state index contributed by atoms with van der Waals surface area (Å²) in [5, 5.41) is 0.518. The van der Waals surface area contributed by atoms with E-state index in [4.69, 9.17) is 0 Å². The maximum absolute atomic E-state index is 12.7. The van der Waals surface area contributed by atoms with Gasteiger partial charge in [-0.1, -0.05) is 30.3 Å². The zero-order valence-corrected chi connectivity index (χ0v) is 14.4. The Morgan fingerprint density at radius 1 is 0.800 bits per heavy atom. The summed E-state index contributed by atoms with van der Waals surface area (Å²) in [5.41, 5.74) is 1.54. The van der Waals surface area contributed by atoms with Crippen molar-refractivity contribution in [2.45, 2.75) is 0 Å². The van der Waals surface area contributed by atoms with Gasteiger partial charge in [0.25, 0.3) is 11.8 Å². The molecule has 5 nitrogen and oxygen atoms in total. The van der Waals surface area contributed by atoms with Crippen molar-refractivity contribution in [3.05, 3.63) is 65.2 Å². The lowest BCUT2D eigenvalue weighted by Crippen LogP contribution is -2.50. The minimum Gasteiger partial charge on any atom is -0.335 e. The Morgan fingerprint density at radius 3 is 2.08 bits per heavy atom. The number of aromatic nitrogens is 1. The third-order valence-corrected chi connectivity index (χ3v) is 5.38. The molecule has 1 aromatic heterocycles. The van der Waals surface area contributed by atoms with Crippen molar-refractivity contribution < 1.29 is 9.59 Å². The van der Waals surface area contributed by atoms with Crippen LogP contribution in [-0.2, 0) is 0 Å². The molecule has 0 atom stereocenters. The Labute approximate surface area is 149 Å². The van der Waals surface area contributed by atoms with E-state index in [1.54, 1.807) is 9.80 Å². The Kier molecular flexibility index (Phi) is 4.19. The molecule has 0 unspecified atom stereocenters. The third kappa shape index (κ3) is 3.13. The monoisotopic (exact) mass is 351 g/mol. The highest BCUT2D eigenvalue weighted by Crippen LogP contribution is 2.23. The van der Waals surface area contributed by atoms with Gasteiger partial charge in [-0.2, -0.15) is 0 Å². The van der Waals surface area contributed by atoms with Crippen LogP contribution < -0.4 is 0 Å². The summed E-state index contributed by atoms with van der Waals surface area (Å²) < 4.78 is 1.02. The van der Waals surface area contributed by atoms with E-state index < -0.39 is 0 Å². The van der Waals surface area contributed by atoms with Crippen LogP contribution in [-0.4, -0.2) is 52.8 Å². The highest BCUT2D eigenvalue weighted by atomic mass is 32.1. The first kappa shape index (κ1) is 15.8. The molecule has 0 saturated carbocycles. The van der Waals surface area contributed by atoms with E-state index in [1.807, 2.05) is 54.6 Å². The van der Waals surface area contributed by atoms with Crippen LogP contribution in [0.15, 0.2) is 54.6 Å². The average Bonchev–Trinajstić information content (AvgIpc) is 3.12. The average molecular weight is 351 g/mol. The lowest BCUT2D eigenvalue weighted by Gasteiger charge is -2.34. The lowest BCUT2D eigenvalue weighted by molar-refractivity contribution is 0.0535. The summed E-state index contributed by atoms with van der Waals surface area (Å²) in [6, 6.07) is 17.0. The molecule has 4 rings (SSSR count). The Bertz CT molecular complexity index is 882. The maximum atomic E-state index is 12.7. The van der Waals surface area contributed by atoms with Gasteiger partial charge < -0.3 is 9.80 Å². The fourth-order valence-corrected chi connectivity index (χ4v) is 3.91. The lowest BCUT2D eigenvalue weighted by atomic mass is 10.2. The Balaban J connectivity index is 1.43. The zero-order valence-electron chi connectivity index (χ0n) is 13.6. The van der Waals surface area contributed by atoms with Gasteiger partial charge in [-0.15, -0.1) is 11.3 Å². The third-order valence-electron chi connectivity index (χ3n) is 4.35. The van der Waals surface area contributed by atoms with Gasteiger partial charge in [0.1, 0.15) is 0 Å². The number of hydrogen-bond acceptors (Lipinski definition) is 4. The number of para-hydroxylation sites is 1. The predicted molar refractivity (Wildman–Crippen MR) is 97.9 cm³/mol. The molecule has 2 heterocycles. The molecule has 126 valence electrons. The first-order chi connectivity index (χ1) is 12.2. The summed E-state index contributed by atoms with van der Waals surface area (Å²) in [6.07, 6.45) is 0. The number of carbonyl (C=O) groups is 2. The van der Waals surface area contributed by atoms with E-state index in [2.05, 4.69) is 4.98 Å². The van der Waals surface area contributed by atoms with E-state index in [1.165, 1.54) is 11.3 Å². The van der Waals surface area contributed by atoms with E-state index >= 15 is 0 Å². The van der Waals surface area contributed by atoms with Crippen molar-refractivity contribution in [1.82, 2.24) is 14.8 Å². The predicted octanol–water partition coefficient (Wildman–Crippen LogP) is 2.89. The number of thiazole rings is 1. The van der Waals surface area contributed by atoms with Crippen molar-refractivity contribution in [2.75, 3.05) is 26.2 Å². The maximum Gasteiger partial charge on any atom is 0.282 e. The highest BCUT2D eigenvalue weighted by molar-refractivity contribution is 7.20. The van der Waals surface area contributed by atoms with E-state index in [9.17, 15) is 9.59 Å². The van der Waals surface area contributed by atoms with E-state index in [0.29, 0.717) is 36.8 Å². The summed E-state index contributed by atoms with van der Waals surface area (Å²) in [5.74, 6) is -0.0271. The molecule has 1 fully saturated rings. The van der Waals surface area contributed by atoms with Gasteiger partial charge in [0, 0.05) is 31.7 Å².